The molecule has 0 amide bonds. The molecule has 2 aromatic heterocycles. The molecule has 114 valence electrons. The van der Waals surface area contributed by atoms with Gasteiger partial charge in [-0.25, -0.2) is 4.98 Å². The van der Waals surface area contributed by atoms with Crippen LogP contribution < -0.4 is 4.90 Å². The Kier molecular flexibility index (Phi) is 5.00. The third-order valence-corrected chi connectivity index (χ3v) is 4.93. The largest absolute Gasteiger partial charge is 0.465 e. The lowest BCUT2D eigenvalue weighted by Gasteiger charge is -2.20. The molecule has 2 heterocycles. The van der Waals surface area contributed by atoms with Gasteiger partial charge in [-0.3, -0.25) is 4.79 Å². The summed E-state index contributed by atoms with van der Waals surface area (Å²) in [6, 6.07) is 2.11. The number of anilines is 1. The second-order valence-corrected chi connectivity index (χ2v) is 6.97. The molecule has 0 fully saturated rings. The molecule has 0 aliphatic heterocycles. The van der Waals surface area contributed by atoms with E-state index >= 15 is 0 Å². The van der Waals surface area contributed by atoms with Crippen LogP contribution in [-0.4, -0.2) is 24.6 Å². The van der Waals surface area contributed by atoms with E-state index in [1.54, 1.807) is 22.7 Å². The van der Waals surface area contributed by atoms with Crippen molar-refractivity contribution < 1.29 is 9.53 Å². The minimum absolute atomic E-state index is 0.234. The summed E-state index contributed by atoms with van der Waals surface area (Å²) in [6.45, 7) is 6.72. The maximum atomic E-state index is 12.0. The number of carbonyl (C=O) groups excluding carboxylic acids is 1. The SMILES string of the molecule is CCOC(=O)C(C)(C)c1csc(N(C)Cc2ccsc2)n1. The highest BCUT2D eigenvalue weighted by molar-refractivity contribution is 7.13. The van der Waals surface area contributed by atoms with Crippen molar-refractivity contribution in [3.05, 3.63) is 33.5 Å². The van der Waals surface area contributed by atoms with Crippen molar-refractivity contribution in [2.24, 2.45) is 0 Å². The van der Waals surface area contributed by atoms with Crippen molar-refractivity contribution in [1.82, 2.24) is 4.98 Å². The number of rotatable bonds is 6. The van der Waals surface area contributed by atoms with E-state index in [2.05, 4.69) is 26.7 Å². The van der Waals surface area contributed by atoms with Crippen LogP contribution in [0, 0.1) is 0 Å². The fourth-order valence-electron chi connectivity index (χ4n) is 1.87. The van der Waals surface area contributed by atoms with Crippen molar-refractivity contribution in [1.29, 1.82) is 0 Å². The quantitative estimate of drug-likeness (QED) is 0.760. The number of aromatic nitrogens is 1. The summed E-state index contributed by atoms with van der Waals surface area (Å²) < 4.78 is 5.13. The van der Waals surface area contributed by atoms with Gasteiger partial charge in [0, 0.05) is 19.0 Å². The Bertz CT molecular complexity index is 591. The molecule has 0 aliphatic carbocycles. The van der Waals surface area contributed by atoms with Gasteiger partial charge in [0.1, 0.15) is 5.41 Å². The highest BCUT2D eigenvalue weighted by Gasteiger charge is 2.34. The van der Waals surface area contributed by atoms with Crippen LogP contribution in [0.3, 0.4) is 0 Å². The first-order valence-corrected chi connectivity index (χ1v) is 8.62. The molecule has 4 nitrogen and oxygen atoms in total. The Morgan fingerprint density at radius 2 is 2.19 bits per heavy atom. The van der Waals surface area contributed by atoms with E-state index in [0.29, 0.717) is 6.61 Å². The predicted octanol–water partition coefficient (Wildman–Crippen LogP) is 3.68. The summed E-state index contributed by atoms with van der Waals surface area (Å²) in [5, 5.41) is 7.05. The van der Waals surface area contributed by atoms with Crippen LogP contribution in [0.5, 0.6) is 0 Å². The average molecular weight is 324 g/mol. The molecule has 0 spiro atoms. The van der Waals surface area contributed by atoms with Gasteiger partial charge in [-0.05, 0) is 43.2 Å². The number of hydrogen-bond donors (Lipinski definition) is 0. The zero-order valence-electron chi connectivity index (χ0n) is 12.8. The third kappa shape index (κ3) is 3.63. The summed E-state index contributed by atoms with van der Waals surface area (Å²) in [5.74, 6) is -0.234. The van der Waals surface area contributed by atoms with Crippen LogP contribution in [0.15, 0.2) is 22.2 Å². The minimum atomic E-state index is -0.714. The molecule has 0 aliphatic rings. The molecular weight excluding hydrogens is 304 g/mol. The molecule has 6 heteroatoms. The van der Waals surface area contributed by atoms with Gasteiger partial charge in [-0.2, -0.15) is 11.3 Å². The first kappa shape index (κ1) is 16.0. The van der Waals surface area contributed by atoms with E-state index in [-0.39, 0.29) is 5.97 Å². The van der Waals surface area contributed by atoms with E-state index in [9.17, 15) is 4.79 Å². The van der Waals surface area contributed by atoms with E-state index in [1.165, 1.54) is 5.56 Å². The minimum Gasteiger partial charge on any atom is -0.465 e. The molecule has 0 unspecified atom stereocenters. The molecule has 0 N–H and O–H groups in total. The highest BCUT2D eigenvalue weighted by atomic mass is 32.1. The monoisotopic (exact) mass is 324 g/mol. The van der Waals surface area contributed by atoms with Gasteiger partial charge in [-0.1, -0.05) is 0 Å². The molecule has 0 aromatic carbocycles. The lowest BCUT2D eigenvalue weighted by Crippen LogP contribution is -2.31. The molecule has 0 bridgehead atoms. The van der Waals surface area contributed by atoms with Gasteiger partial charge < -0.3 is 9.64 Å². The second-order valence-electron chi connectivity index (χ2n) is 5.35. The standard InChI is InChI=1S/C15H20N2O2S2/c1-5-19-13(18)15(2,3)12-10-21-14(16-12)17(4)8-11-6-7-20-9-11/h6-7,9-10H,5,8H2,1-4H3. The van der Waals surface area contributed by atoms with Crippen molar-refractivity contribution in [2.75, 3.05) is 18.6 Å². The van der Waals surface area contributed by atoms with Gasteiger partial charge in [-0.15, -0.1) is 11.3 Å². The first-order chi connectivity index (χ1) is 9.95. The van der Waals surface area contributed by atoms with Crippen LogP contribution >= 0.6 is 22.7 Å². The molecule has 0 atom stereocenters. The number of esters is 1. The topological polar surface area (TPSA) is 42.4 Å². The van der Waals surface area contributed by atoms with Crippen molar-refractivity contribution in [3.8, 4) is 0 Å². The van der Waals surface area contributed by atoms with Crippen molar-refractivity contribution >= 4 is 33.8 Å². The normalized spacial score (nSPS) is 11.4. The maximum absolute atomic E-state index is 12.0. The smallest absolute Gasteiger partial charge is 0.317 e. The third-order valence-electron chi connectivity index (χ3n) is 3.24. The fourth-order valence-corrected chi connectivity index (χ4v) is 3.49. The van der Waals surface area contributed by atoms with Gasteiger partial charge in [0.05, 0.1) is 12.3 Å². The fraction of sp³-hybridized carbons (Fsp3) is 0.467. The lowest BCUT2D eigenvalue weighted by atomic mass is 9.90. The summed E-state index contributed by atoms with van der Waals surface area (Å²) >= 11 is 3.24. The zero-order chi connectivity index (χ0) is 15.5. The molecule has 2 rings (SSSR count). The number of thiazole rings is 1. The van der Waals surface area contributed by atoms with Gasteiger partial charge in [0.25, 0.3) is 0 Å². The average Bonchev–Trinajstić information content (AvgIpc) is 3.09. The predicted molar refractivity (Wildman–Crippen MR) is 88.2 cm³/mol. The van der Waals surface area contributed by atoms with Crippen LogP contribution in [0.4, 0.5) is 5.13 Å². The maximum Gasteiger partial charge on any atom is 0.317 e. The summed E-state index contributed by atoms with van der Waals surface area (Å²) in [7, 11) is 2.01. The van der Waals surface area contributed by atoms with E-state index in [4.69, 9.17) is 4.74 Å². The Balaban J connectivity index is 2.11. The number of carbonyl (C=O) groups is 1. The zero-order valence-corrected chi connectivity index (χ0v) is 14.4. The molecule has 2 aromatic rings. The summed E-state index contributed by atoms with van der Waals surface area (Å²) in [5.41, 5.74) is 1.32. The molecule has 21 heavy (non-hydrogen) atoms. The number of hydrogen-bond acceptors (Lipinski definition) is 6. The van der Waals surface area contributed by atoms with E-state index in [0.717, 1.165) is 17.4 Å². The summed E-state index contributed by atoms with van der Waals surface area (Å²) in [6.07, 6.45) is 0. The summed E-state index contributed by atoms with van der Waals surface area (Å²) in [4.78, 5) is 18.7. The van der Waals surface area contributed by atoms with Crippen molar-refractivity contribution in [3.63, 3.8) is 0 Å². The van der Waals surface area contributed by atoms with E-state index in [1.807, 2.05) is 33.2 Å². The highest BCUT2D eigenvalue weighted by Crippen LogP contribution is 2.30. The van der Waals surface area contributed by atoms with Crippen molar-refractivity contribution in [2.45, 2.75) is 32.7 Å². The molecule has 0 radical (unpaired) electrons. The van der Waals surface area contributed by atoms with Gasteiger partial charge in [0.2, 0.25) is 0 Å². The van der Waals surface area contributed by atoms with Crippen LogP contribution in [0.25, 0.3) is 0 Å². The van der Waals surface area contributed by atoms with Gasteiger partial charge in [0.15, 0.2) is 5.13 Å². The number of ether oxygens (including phenoxy) is 1. The Morgan fingerprint density at radius 3 is 2.81 bits per heavy atom. The lowest BCUT2D eigenvalue weighted by molar-refractivity contribution is -0.148. The van der Waals surface area contributed by atoms with E-state index < -0.39 is 5.41 Å². The molecular formula is C15H20N2O2S2. The Labute approximate surface area is 133 Å². The number of nitrogens with zero attached hydrogens (tertiary/aromatic N) is 2. The van der Waals surface area contributed by atoms with Crippen LogP contribution in [-0.2, 0) is 21.5 Å². The second kappa shape index (κ2) is 6.58. The Morgan fingerprint density at radius 1 is 1.43 bits per heavy atom. The molecule has 0 saturated carbocycles. The molecule has 0 saturated heterocycles. The Hall–Kier alpha value is -1.40. The van der Waals surface area contributed by atoms with Gasteiger partial charge >= 0.3 is 5.97 Å². The van der Waals surface area contributed by atoms with Crippen LogP contribution in [0.2, 0.25) is 0 Å². The number of thiophene rings is 1. The first-order valence-electron chi connectivity index (χ1n) is 6.80. The van der Waals surface area contributed by atoms with Crippen LogP contribution in [0.1, 0.15) is 32.0 Å².